The fourth-order valence-corrected chi connectivity index (χ4v) is 2.27. The van der Waals surface area contributed by atoms with E-state index in [9.17, 15) is 0 Å². The first-order valence-corrected chi connectivity index (χ1v) is 9.78. The standard InChI is InChI=1S/2C10H16N.C2N2.CBN.CH4.2ClH.2K.H2O/c2*1-3-4-7-11-8-5-6-10(2)9-11;3-1-2-4;2-1-3;;;;;;/h2*5-6,8-9H,3-4,7H2,1-2H3;;;1H4;2*1H;;;1H2/q2*+1;;-1;;;;2*+1;/p-2. The number of nitrogens with zero attached hydrogens (tertiary/aromatic N) is 5. The Kier molecular flexibility index (Phi) is 71.4. The van der Waals surface area contributed by atoms with Gasteiger partial charge in [0.15, 0.2) is 36.9 Å². The van der Waals surface area contributed by atoms with Gasteiger partial charge >= 0.3 is 103 Å². The first-order valence-electron chi connectivity index (χ1n) is 9.78. The van der Waals surface area contributed by atoms with Crippen LogP contribution in [0.3, 0.4) is 0 Å². The molecule has 2 aromatic heterocycles. The van der Waals surface area contributed by atoms with Crippen molar-refractivity contribution in [2.75, 3.05) is 0 Å². The van der Waals surface area contributed by atoms with E-state index in [1.165, 1.54) is 54.9 Å². The van der Waals surface area contributed by atoms with Gasteiger partial charge in [-0.2, -0.15) is 10.5 Å². The summed E-state index contributed by atoms with van der Waals surface area (Å²) in [5, 5.41) is 21.6. The number of pyridine rings is 2. The summed E-state index contributed by atoms with van der Waals surface area (Å²) in [7, 11) is 4.15. The van der Waals surface area contributed by atoms with Crippen molar-refractivity contribution < 1.29 is 142 Å². The number of nitriles is 3. The van der Waals surface area contributed by atoms with E-state index in [-0.39, 0.29) is 140 Å². The van der Waals surface area contributed by atoms with Crippen molar-refractivity contribution in [3.63, 3.8) is 0 Å². The Hall–Kier alpha value is 0.648. The summed E-state index contributed by atoms with van der Waals surface area (Å²) in [6.45, 7) is 11.0. The van der Waals surface area contributed by atoms with Crippen molar-refractivity contribution in [1.82, 2.24) is 0 Å². The Balaban J connectivity index is -0.0000000484. The van der Waals surface area contributed by atoms with Crippen LogP contribution >= 0.6 is 0 Å². The quantitative estimate of drug-likeness (QED) is 0.253. The van der Waals surface area contributed by atoms with Crippen molar-refractivity contribution >= 4 is 7.85 Å². The van der Waals surface area contributed by atoms with Crippen LogP contribution in [0.2, 0.25) is 0 Å². The van der Waals surface area contributed by atoms with Gasteiger partial charge in [0.05, 0.1) is 0 Å². The molecular formula is C24H38BCl2K2N5O+. The van der Waals surface area contributed by atoms with Crippen LogP contribution in [-0.4, -0.2) is 13.3 Å². The number of aromatic nitrogens is 2. The maximum atomic E-state index is 7.26. The smallest absolute Gasteiger partial charge is 1.00 e. The predicted molar refractivity (Wildman–Crippen MR) is 126 cm³/mol. The SMILES string of the molecule is C.CCCC[n+]1cccc(C)c1.CCCC[n+]1cccc(C)c1.N#CC#N.O.[B-]C#N.[Cl-].[Cl-].[K+].[K+]. The Labute approximate surface area is 312 Å². The average molecular weight is 573 g/mol. The van der Waals surface area contributed by atoms with Crippen molar-refractivity contribution in [1.29, 1.82) is 15.8 Å². The van der Waals surface area contributed by atoms with E-state index >= 15 is 0 Å². The van der Waals surface area contributed by atoms with Gasteiger partial charge in [0, 0.05) is 36.1 Å². The molecule has 2 aromatic rings. The molecule has 35 heavy (non-hydrogen) atoms. The molecule has 2 heterocycles. The van der Waals surface area contributed by atoms with Gasteiger partial charge in [0.2, 0.25) is 0 Å². The van der Waals surface area contributed by atoms with Crippen LogP contribution in [-0.2, 0) is 13.1 Å². The Bertz CT molecular complexity index is 752. The third kappa shape index (κ3) is 42.0. The van der Waals surface area contributed by atoms with Gasteiger partial charge < -0.3 is 38.1 Å². The number of rotatable bonds is 6. The van der Waals surface area contributed by atoms with Crippen molar-refractivity contribution in [2.24, 2.45) is 0 Å². The zero-order valence-corrected chi connectivity index (χ0v) is 29.2. The first-order chi connectivity index (χ1) is 14.0. The average Bonchev–Trinajstić information content (AvgIpc) is 2.72. The third-order valence-corrected chi connectivity index (χ3v) is 3.60. The van der Waals surface area contributed by atoms with Gasteiger partial charge in [-0.3, -0.25) is 11.2 Å². The van der Waals surface area contributed by atoms with E-state index < -0.39 is 0 Å². The minimum atomic E-state index is 0. The molecule has 0 saturated heterocycles. The fourth-order valence-electron chi connectivity index (χ4n) is 2.27. The second-order valence-electron chi connectivity index (χ2n) is 6.30. The Morgan fingerprint density at radius 2 is 1.06 bits per heavy atom. The molecule has 0 aliphatic rings. The van der Waals surface area contributed by atoms with Crippen LogP contribution in [0.1, 0.15) is 58.1 Å². The molecule has 6 nitrogen and oxygen atoms in total. The number of hydrogen-bond acceptors (Lipinski definition) is 3. The molecular weight excluding hydrogens is 534 g/mol. The molecule has 0 amide bonds. The zero-order chi connectivity index (χ0) is 22.3. The molecule has 0 atom stereocenters. The largest absolute Gasteiger partial charge is 1.00 e. The van der Waals surface area contributed by atoms with Crippen molar-refractivity contribution in [3.05, 3.63) is 60.2 Å². The van der Waals surface area contributed by atoms with E-state index in [1.807, 2.05) is 0 Å². The molecule has 183 valence electrons. The van der Waals surface area contributed by atoms with E-state index in [0.717, 1.165) is 13.1 Å². The van der Waals surface area contributed by atoms with Gasteiger partial charge in [0.25, 0.3) is 0 Å². The molecule has 2 rings (SSSR count). The van der Waals surface area contributed by atoms with Crippen LogP contribution in [0.25, 0.3) is 0 Å². The summed E-state index contributed by atoms with van der Waals surface area (Å²) >= 11 is 0. The predicted octanol–water partition coefficient (Wildman–Crippen LogP) is -8.34. The Morgan fingerprint density at radius 3 is 1.26 bits per heavy atom. The van der Waals surface area contributed by atoms with E-state index in [4.69, 9.17) is 15.8 Å². The van der Waals surface area contributed by atoms with Gasteiger partial charge in [-0.25, -0.2) is 9.13 Å². The van der Waals surface area contributed by atoms with Crippen LogP contribution in [0.5, 0.6) is 0 Å². The minimum Gasteiger partial charge on any atom is -1.00 e. The fraction of sp³-hybridized carbons (Fsp3) is 0.458. The van der Waals surface area contributed by atoms with Gasteiger partial charge in [-0.15, -0.1) is 0 Å². The van der Waals surface area contributed by atoms with Crippen LogP contribution < -0.4 is 137 Å². The molecule has 0 aliphatic heterocycles. The molecule has 11 heteroatoms. The van der Waals surface area contributed by atoms with Gasteiger partial charge in [-0.05, 0) is 26.0 Å². The first kappa shape index (κ1) is 56.0. The summed E-state index contributed by atoms with van der Waals surface area (Å²) in [6.07, 6.45) is 13.7. The molecule has 0 spiro atoms. The van der Waals surface area contributed by atoms with Gasteiger partial charge in [-0.1, -0.05) is 34.1 Å². The van der Waals surface area contributed by atoms with Crippen LogP contribution in [0, 0.1) is 47.7 Å². The topological polar surface area (TPSA) is 111 Å². The normalized spacial score (nSPS) is 6.80. The molecule has 2 N–H and O–H groups in total. The molecule has 3 radical (unpaired) electrons. The summed E-state index contributed by atoms with van der Waals surface area (Å²) in [5.41, 5.74) is 2.67. The molecule has 0 aromatic carbocycles. The molecule has 0 unspecified atom stereocenters. The third-order valence-electron chi connectivity index (χ3n) is 3.60. The van der Waals surface area contributed by atoms with Gasteiger partial charge in [0.1, 0.15) is 13.1 Å². The maximum Gasteiger partial charge on any atom is 1.00 e. The number of aryl methyl sites for hydroxylation is 4. The van der Waals surface area contributed by atoms with Crippen LogP contribution in [0.4, 0.5) is 0 Å². The number of hydrogen-bond donors (Lipinski definition) is 0. The summed E-state index contributed by atoms with van der Waals surface area (Å²) in [5.74, 6) is 1.25. The minimum absolute atomic E-state index is 0. The van der Waals surface area contributed by atoms with Crippen LogP contribution in [0.15, 0.2) is 49.1 Å². The van der Waals surface area contributed by atoms with E-state index in [2.05, 4.69) is 93.7 Å². The van der Waals surface area contributed by atoms with Crippen molar-refractivity contribution in [3.8, 4) is 18.1 Å². The summed E-state index contributed by atoms with van der Waals surface area (Å²) in [6, 6.07) is 10.9. The Morgan fingerprint density at radius 1 is 0.771 bits per heavy atom. The summed E-state index contributed by atoms with van der Waals surface area (Å²) in [4.78, 5) is 0. The molecule has 0 aliphatic carbocycles. The molecule has 0 fully saturated rings. The zero-order valence-electron chi connectivity index (χ0n) is 21.4. The number of halogens is 2. The summed E-state index contributed by atoms with van der Waals surface area (Å²) < 4.78 is 4.50. The number of unbranched alkanes of at least 4 members (excludes halogenated alkanes) is 2. The monoisotopic (exact) mass is 571 g/mol. The second kappa shape index (κ2) is 44.6. The maximum absolute atomic E-state index is 7.26. The van der Waals surface area contributed by atoms with E-state index in [1.54, 1.807) is 0 Å². The van der Waals surface area contributed by atoms with E-state index in [0.29, 0.717) is 0 Å². The van der Waals surface area contributed by atoms with Crippen molar-refractivity contribution in [2.45, 2.75) is 73.9 Å². The molecule has 0 saturated carbocycles. The second-order valence-corrected chi connectivity index (χ2v) is 6.30. The molecule has 0 bridgehead atoms.